The molecule has 3 heterocycles. The third-order valence-corrected chi connectivity index (χ3v) is 5.71. The van der Waals surface area contributed by atoms with Crippen LogP contribution in [0, 0.1) is 0 Å². The van der Waals surface area contributed by atoms with E-state index >= 15 is 0 Å². The van der Waals surface area contributed by atoms with Gasteiger partial charge in [0, 0.05) is 38.1 Å². The summed E-state index contributed by atoms with van der Waals surface area (Å²) in [5.41, 5.74) is 0. The molecule has 0 spiro atoms. The minimum absolute atomic E-state index is 0.391. The standard InChI is InChI=1S/C9H14N5OP/c1-8-7-14(8)16(15,13-5-6-13)12-9-10-3-2-4-11-9/h2-4,8H,5-7H2,1H3,(H,10,11,12,15). The molecule has 0 saturated carbocycles. The van der Waals surface area contributed by atoms with Gasteiger partial charge < -0.3 is 0 Å². The predicted octanol–water partition coefficient (Wildman–Crippen LogP) is 1.02. The van der Waals surface area contributed by atoms with Crippen LogP contribution in [0.1, 0.15) is 6.92 Å². The Labute approximate surface area is 94.2 Å². The largest absolute Gasteiger partial charge is 0.311 e. The maximum absolute atomic E-state index is 12.8. The molecule has 2 aliphatic heterocycles. The number of aromatic nitrogens is 2. The van der Waals surface area contributed by atoms with Gasteiger partial charge in [0.1, 0.15) is 0 Å². The van der Waals surface area contributed by atoms with Crippen LogP contribution in [0.15, 0.2) is 18.5 Å². The first kappa shape index (κ1) is 10.2. The Kier molecular flexibility index (Phi) is 2.24. The first-order valence-corrected chi connectivity index (χ1v) is 6.99. The fourth-order valence-corrected chi connectivity index (χ4v) is 4.30. The van der Waals surface area contributed by atoms with Gasteiger partial charge in [-0.1, -0.05) is 0 Å². The number of nitrogens with one attached hydrogen (secondary N) is 1. The Bertz CT molecular complexity index is 435. The van der Waals surface area contributed by atoms with Crippen LogP contribution in [0.4, 0.5) is 5.95 Å². The molecular weight excluding hydrogens is 225 g/mol. The van der Waals surface area contributed by atoms with Gasteiger partial charge in [-0.15, -0.1) is 0 Å². The van der Waals surface area contributed by atoms with Crippen molar-refractivity contribution < 1.29 is 4.57 Å². The monoisotopic (exact) mass is 239 g/mol. The molecule has 0 aromatic carbocycles. The minimum atomic E-state index is -2.63. The Balaban J connectivity index is 1.82. The summed E-state index contributed by atoms with van der Waals surface area (Å²) in [6.07, 6.45) is 3.29. The van der Waals surface area contributed by atoms with E-state index in [9.17, 15) is 4.57 Å². The van der Waals surface area contributed by atoms with Crippen molar-refractivity contribution in [1.29, 1.82) is 0 Å². The molecule has 0 bridgehead atoms. The van der Waals surface area contributed by atoms with Crippen LogP contribution >= 0.6 is 7.59 Å². The third kappa shape index (κ3) is 1.73. The maximum atomic E-state index is 12.8. The zero-order chi connectivity index (χ0) is 11.2. The van der Waals surface area contributed by atoms with Crippen molar-refractivity contribution in [2.75, 3.05) is 24.7 Å². The van der Waals surface area contributed by atoms with Crippen molar-refractivity contribution in [3.05, 3.63) is 18.5 Å². The number of hydrogen-bond donors (Lipinski definition) is 1. The average Bonchev–Trinajstić information content (AvgIpc) is 3.12. The van der Waals surface area contributed by atoms with Crippen molar-refractivity contribution in [2.45, 2.75) is 13.0 Å². The second-order valence-corrected chi connectivity index (χ2v) is 6.54. The molecule has 0 amide bonds. The minimum Gasteiger partial charge on any atom is -0.281 e. The average molecular weight is 239 g/mol. The van der Waals surface area contributed by atoms with Gasteiger partial charge in [-0.05, 0) is 13.0 Å². The van der Waals surface area contributed by atoms with Crippen LogP contribution in [-0.2, 0) is 4.57 Å². The van der Waals surface area contributed by atoms with Gasteiger partial charge in [-0.25, -0.2) is 19.3 Å². The van der Waals surface area contributed by atoms with Crippen LogP contribution < -0.4 is 5.09 Å². The van der Waals surface area contributed by atoms with Crippen LogP contribution in [0.3, 0.4) is 0 Å². The van der Waals surface area contributed by atoms with Crippen molar-refractivity contribution >= 4 is 13.5 Å². The summed E-state index contributed by atoms with van der Waals surface area (Å²) in [4.78, 5) is 8.12. The Morgan fingerprint density at radius 2 is 2.06 bits per heavy atom. The van der Waals surface area contributed by atoms with E-state index in [1.807, 2.05) is 9.34 Å². The summed E-state index contributed by atoms with van der Waals surface area (Å²) in [5, 5.41) is 2.99. The third-order valence-electron chi connectivity index (χ3n) is 2.79. The summed E-state index contributed by atoms with van der Waals surface area (Å²) in [5.74, 6) is 0.442. The smallest absolute Gasteiger partial charge is 0.281 e. The van der Waals surface area contributed by atoms with E-state index in [1.165, 1.54) is 0 Å². The van der Waals surface area contributed by atoms with Gasteiger partial charge in [-0.3, -0.25) is 9.65 Å². The second kappa shape index (κ2) is 3.52. The summed E-state index contributed by atoms with van der Waals surface area (Å²) < 4.78 is 16.7. The normalized spacial score (nSPS) is 31.8. The second-order valence-electron chi connectivity index (χ2n) is 4.15. The molecule has 1 aromatic rings. The molecule has 3 atom stereocenters. The molecular formula is C9H14N5OP. The highest BCUT2D eigenvalue weighted by molar-refractivity contribution is 7.61. The lowest BCUT2D eigenvalue weighted by Gasteiger charge is -2.21. The first-order chi connectivity index (χ1) is 7.70. The van der Waals surface area contributed by atoms with Gasteiger partial charge in [-0.2, -0.15) is 0 Å². The summed E-state index contributed by atoms with van der Waals surface area (Å²) in [6, 6.07) is 2.13. The lowest BCUT2D eigenvalue weighted by molar-refractivity contribution is 0.517. The van der Waals surface area contributed by atoms with Crippen LogP contribution in [0.2, 0.25) is 0 Å². The Hall–Kier alpha value is -0.970. The van der Waals surface area contributed by atoms with Gasteiger partial charge in [0.05, 0.1) is 0 Å². The fourth-order valence-electron chi connectivity index (χ4n) is 1.70. The molecule has 2 aliphatic rings. The first-order valence-electron chi connectivity index (χ1n) is 5.38. The van der Waals surface area contributed by atoms with Gasteiger partial charge in [0.25, 0.3) is 0 Å². The van der Waals surface area contributed by atoms with Crippen LogP contribution in [0.5, 0.6) is 0 Å². The van der Waals surface area contributed by atoms with E-state index < -0.39 is 7.59 Å². The number of hydrogen-bond acceptors (Lipinski definition) is 3. The van der Waals surface area contributed by atoms with Crippen molar-refractivity contribution in [1.82, 2.24) is 19.3 Å². The number of anilines is 1. The molecule has 6 nitrogen and oxygen atoms in total. The molecule has 16 heavy (non-hydrogen) atoms. The summed E-state index contributed by atoms with van der Waals surface area (Å²) in [7, 11) is -2.63. The van der Waals surface area contributed by atoms with Gasteiger partial charge in [0.2, 0.25) is 5.95 Å². The van der Waals surface area contributed by atoms with E-state index in [0.717, 1.165) is 19.6 Å². The zero-order valence-electron chi connectivity index (χ0n) is 9.08. The van der Waals surface area contributed by atoms with Crippen molar-refractivity contribution in [2.24, 2.45) is 0 Å². The van der Waals surface area contributed by atoms with Crippen LogP contribution in [-0.4, -0.2) is 45.0 Å². The Morgan fingerprint density at radius 1 is 1.44 bits per heavy atom. The van der Waals surface area contributed by atoms with E-state index in [2.05, 4.69) is 22.0 Å². The molecule has 0 aliphatic carbocycles. The van der Waals surface area contributed by atoms with Gasteiger partial charge in [0.15, 0.2) is 0 Å². The molecule has 0 radical (unpaired) electrons. The van der Waals surface area contributed by atoms with E-state index in [4.69, 9.17) is 0 Å². The molecule has 1 N–H and O–H groups in total. The molecule has 3 rings (SSSR count). The van der Waals surface area contributed by atoms with Gasteiger partial charge >= 0.3 is 7.59 Å². The lowest BCUT2D eigenvalue weighted by Crippen LogP contribution is -2.15. The maximum Gasteiger partial charge on any atom is 0.311 e. The Morgan fingerprint density at radius 3 is 2.56 bits per heavy atom. The van der Waals surface area contributed by atoms with E-state index in [1.54, 1.807) is 18.5 Å². The molecule has 7 heteroatoms. The van der Waals surface area contributed by atoms with E-state index in [0.29, 0.717) is 12.0 Å². The summed E-state index contributed by atoms with van der Waals surface area (Å²) >= 11 is 0. The van der Waals surface area contributed by atoms with Crippen molar-refractivity contribution in [3.63, 3.8) is 0 Å². The summed E-state index contributed by atoms with van der Waals surface area (Å²) in [6.45, 7) is 4.73. The molecule has 2 saturated heterocycles. The zero-order valence-corrected chi connectivity index (χ0v) is 9.97. The number of rotatable bonds is 4. The van der Waals surface area contributed by atoms with Crippen LogP contribution in [0.25, 0.3) is 0 Å². The highest BCUT2D eigenvalue weighted by Gasteiger charge is 2.52. The molecule has 1 aromatic heterocycles. The molecule has 3 unspecified atom stereocenters. The van der Waals surface area contributed by atoms with Crippen molar-refractivity contribution in [3.8, 4) is 0 Å². The van der Waals surface area contributed by atoms with E-state index in [-0.39, 0.29) is 0 Å². The highest BCUT2D eigenvalue weighted by atomic mass is 31.2. The SMILES string of the molecule is CC1CN1P(=O)(Nc1ncccn1)N1CC1. The number of nitrogens with zero attached hydrogens (tertiary/aromatic N) is 4. The fraction of sp³-hybridized carbons (Fsp3) is 0.556. The highest BCUT2D eigenvalue weighted by Crippen LogP contribution is 2.61. The quantitative estimate of drug-likeness (QED) is 0.625. The predicted molar refractivity (Wildman–Crippen MR) is 61.0 cm³/mol. The topological polar surface area (TPSA) is 60.9 Å². The molecule has 86 valence electrons. The molecule has 2 fully saturated rings. The lowest BCUT2D eigenvalue weighted by atomic mass is 10.6.